The number of hydrogen-bond donors (Lipinski definition) is 1. The Morgan fingerprint density at radius 2 is 1.88 bits per heavy atom. The van der Waals surface area contributed by atoms with Crippen LogP contribution in [0.3, 0.4) is 0 Å². The maximum Gasteiger partial charge on any atom is 0.269 e. The topological polar surface area (TPSA) is 64.0 Å². The first-order valence-electron chi connectivity index (χ1n) is 10.6. The fraction of sp³-hybridized carbons (Fsp3) is 0.160. The molecule has 1 heterocycles. The van der Waals surface area contributed by atoms with E-state index in [9.17, 15) is 18.4 Å². The number of fused-ring (bicyclic) bond motifs is 2. The van der Waals surface area contributed by atoms with Crippen LogP contribution >= 0.6 is 27.7 Å². The molecule has 9 heteroatoms. The third-order valence-electron chi connectivity index (χ3n) is 5.69. The fourth-order valence-corrected chi connectivity index (χ4v) is 5.27. The third-order valence-corrected chi connectivity index (χ3v) is 7.24. The van der Waals surface area contributed by atoms with Crippen LogP contribution in [-0.4, -0.2) is 21.2 Å². The van der Waals surface area contributed by atoms with E-state index in [0.717, 1.165) is 36.7 Å². The molecule has 1 aromatic heterocycles. The number of nitrogens with zero attached hydrogens (tertiary/aromatic N) is 2. The lowest BCUT2D eigenvalue weighted by Crippen LogP contribution is -2.23. The van der Waals surface area contributed by atoms with Crippen LogP contribution in [0.2, 0.25) is 0 Å². The number of aromatic nitrogens is 2. The molecular weight excluding hydrogens is 524 g/mol. The highest BCUT2D eigenvalue weighted by molar-refractivity contribution is 9.10. The van der Waals surface area contributed by atoms with Crippen LogP contribution in [0.25, 0.3) is 16.6 Å². The Hall–Kier alpha value is -3.04. The number of anilines is 1. The van der Waals surface area contributed by atoms with Crippen LogP contribution in [0.4, 0.5) is 14.5 Å². The van der Waals surface area contributed by atoms with Crippen LogP contribution in [0.1, 0.15) is 17.5 Å². The second-order valence-electron chi connectivity index (χ2n) is 7.94. The normalized spacial score (nSPS) is 12.7. The van der Waals surface area contributed by atoms with Crippen LogP contribution < -0.4 is 10.9 Å². The van der Waals surface area contributed by atoms with Gasteiger partial charge in [-0.2, -0.15) is 0 Å². The van der Waals surface area contributed by atoms with Gasteiger partial charge in [0.25, 0.3) is 5.56 Å². The van der Waals surface area contributed by atoms with Crippen LogP contribution in [0.15, 0.2) is 69.0 Å². The van der Waals surface area contributed by atoms with E-state index in [1.54, 1.807) is 6.07 Å². The maximum atomic E-state index is 14.5. The summed E-state index contributed by atoms with van der Waals surface area (Å²) in [5.74, 6) is -1.48. The van der Waals surface area contributed by atoms with Gasteiger partial charge in [0.2, 0.25) is 5.91 Å². The Labute approximate surface area is 206 Å². The van der Waals surface area contributed by atoms with E-state index in [1.807, 2.05) is 18.2 Å². The van der Waals surface area contributed by atoms with Crippen molar-refractivity contribution in [1.29, 1.82) is 0 Å². The minimum absolute atomic E-state index is 0.0211. The minimum Gasteiger partial charge on any atom is -0.325 e. The molecule has 0 radical (unpaired) electrons. The molecule has 1 amide bonds. The van der Waals surface area contributed by atoms with Crippen molar-refractivity contribution < 1.29 is 13.6 Å². The molecule has 0 spiro atoms. The number of hydrogen-bond acceptors (Lipinski definition) is 4. The lowest BCUT2D eigenvalue weighted by atomic mass is 10.1. The molecule has 0 atom stereocenters. The fourth-order valence-electron chi connectivity index (χ4n) is 4.09. The smallest absolute Gasteiger partial charge is 0.269 e. The SMILES string of the molecule is O=C(CSc1nc2cccc(F)c2c(=O)n1-c1ccc(F)c(Br)c1)Nc1ccc2c(c1)CCC2. The Kier molecular flexibility index (Phi) is 6.22. The molecule has 4 aromatic rings. The van der Waals surface area contributed by atoms with Gasteiger partial charge < -0.3 is 5.32 Å². The zero-order valence-electron chi connectivity index (χ0n) is 17.8. The number of aryl methyl sites for hydroxylation is 2. The van der Waals surface area contributed by atoms with Gasteiger partial charge in [0, 0.05) is 5.69 Å². The number of carbonyl (C=O) groups excluding carboxylic acids is 1. The van der Waals surface area contributed by atoms with Gasteiger partial charge in [-0.25, -0.2) is 13.8 Å². The lowest BCUT2D eigenvalue weighted by molar-refractivity contribution is -0.113. The van der Waals surface area contributed by atoms with E-state index >= 15 is 0 Å². The summed E-state index contributed by atoms with van der Waals surface area (Å²) in [4.78, 5) is 30.4. The van der Waals surface area contributed by atoms with E-state index in [4.69, 9.17) is 0 Å². The molecule has 0 saturated heterocycles. The van der Waals surface area contributed by atoms with Crippen LogP contribution in [-0.2, 0) is 17.6 Å². The van der Waals surface area contributed by atoms with Crippen molar-refractivity contribution in [2.45, 2.75) is 24.4 Å². The predicted octanol–water partition coefficient (Wildman–Crippen LogP) is 5.65. The average Bonchev–Trinajstić information content (AvgIpc) is 3.27. The van der Waals surface area contributed by atoms with Crippen LogP contribution in [0, 0.1) is 11.6 Å². The van der Waals surface area contributed by atoms with Gasteiger partial charge in [-0.3, -0.25) is 14.2 Å². The largest absolute Gasteiger partial charge is 0.325 e. The van der Waals surface area contributed by atoms with Crippen molar-refractivity contribution in [3.8, 4) is 5.69 Å². The van der Waals surface area contributed by atoms with Gasteiger partial charge in [-0.1, -0.05) is 23.9 Å². The van der Waals surface area contributed by atoms with Crippen molar-refractivity contribution in [3.05, 3.63) is 92.2 Å². The maximum absolute atomic E-state index is 14.5. The summed E-state index contributed by atoms with van der Waals surface area (Å²) in [5, 5.41) is 2.91. The lowest BCUT2D eigenvalue weighted by Gasteiger charge is -2.14. The quantitative estimate of drug-likeness (QED) is 0.262. The number of nitrogens with one attached hydrogen (secondary N) is 1. The first-order valence-corrected chi connectivity index (χ1v) is 12.4. The summed E-state index contributed by atoms with van der Waals surface area (Å²) in [5.41, 5.74) is 3.14. The monoisotopic (exact) mass is 541 g/mol. The summed E-state index contributed by atoms with van der Waals surface area (Å²) in [6.45, 7) is 0. The van der Waals surface area contributed by atoms with Crippen molar-refractivity contribution >= 4 is 50.2 Å². The Bertz CT molecular complexity index is 1510. The number of carbonyl (C=O) groups is 1. The Morgan fingerprint density at radius 3 is 2.71 bits per heavy atom. The van der Waals surface area contributed by atoms with E-state index < -0.39 is 17.2 Å². The van der Waals surface area contributed by atoms with Crippen molar-refractivity contribution in [3.63, 3.8) is 0 Å². The molecule has 3 aromatic carbocycles. The Balaban J connectivity index is 1.47. The molecular formula is C25H18BrF2N3O2S. The van der Waals surface area contributed by atoms with E-state index in [2.05, 4.69) is 26.2 Å². The average molecular weight is 542 g/mol. The molecule has 1 aliphatic carbocycles. The van der Waals surface area contributed by atoms with E-state index in [0.29, 0.717) is 5.69 Å². The summed E-state index contributed by atoms with van der Waals surface area (Å²) in [7, 11) is 0. The van der Waals surface area contributed by atoms with E-state index in [-0.39, 0.29) is 32.2 Å². The summed E-state index contributed by atoms with van der Waals surface area (Å²) in [6.07, 6.45) is 3.18. The molecule has 0 saturated carbocycles. The number of thioether (sulfide) groups is 1. The summed E-state index contributed by atoms with van der Waals surface area (Å²) < 4.78 is 29.6. The molecule has 5 rings (SSSR count). The first kappa shape index (κ1) is 22.7. The molecule has 34 heavy (non-hydrogen) atoms. The van der Waals surface area contributed by atoms with Gasteiger partial charge >= 0.3 is 0 Å². The second kappa shape index (κ2) is 9.31. The second-order valence-corrected chi connectivity index (χ2v) is 9.74. The minimum atomic E-state index is -0.698. The zero-order valence-corrected chi connectivity index (χ0v) is 20.2. The molecule has 0 fully saturated rings. The summed E-state index contributed by atoms with van der Waals surface area (Å²) >= 11 is 4.17. The van der Waals surface area contributed by atoms with Gasteiger partial charge in [0.15, 0.2) is 5.16 Å². The van der Waals surface area contributed by atoms with Gasteiger partial charge in [0.05, 0.1) is 21.4 Å². The van der Waals surface area contributed by atoms with Crippen molar-refractivity contribution in [1.82, 2.24) is 9.55 Å². The number of amides is 1. The van der Waals surface area contributed by atoms with Crippen LogP contribution in [0.5, 0.6) is 0 Å². The Morgan fingerprint density at radius 1 is 1.06 bits per heavy atom. The highest BCUT2D eigenvalue weighted by Crippen LogP contribution is 2.27. The number of halogens is 3. The van der Waals surface area contributed by atoms with Gasteiger partial charge in [0.1, 0.15) is 17.0 Å². The molecule has 172 valence electrons. The summed E-state index contributed by atoms with van der Waals surface area (Å²) in [6, 6.07) is 14.1. The van der Waals surface area contributed by atoms with Crippen molar-refractivity contribution in [2.75, 3.05) is 11.1 Å². The molecule has 0 unspecified atom stereocenters. The molecule has 1 aliphatic rings. The van der Waals surface area contributed by atoms with Gasteiger partial charge in [-0.05, 0) is 88.8 Å². The number of rotatable bonds is 5. The molecule has 5 nitrogen and oxygen atoms in total. The number of benzene rings is 3. The molecule has 0 bridgehead atoms. The zero-order chi connectivity index (χ0) is 23.8. The first-order chi connectivity index (χ1) is 16.4. The standard InChI is InChI=1S/C25H18BrF2N3O2S/c26-18-12-17(9-10-19(18)27)31-24(33)23-20(28)5-2-6-21(23)30-25(31)34-13-22(32)29-16-8-7-14-3-1-4-15(14)11-16/h2,5-12H,1,3-4,13H2,(H,29,32). The highest BCUT2D eigenvalue weighted by Gasteiger charge is 2.18. The van der Waals surface area contributed by atoms with Crippen molar-refractivity contribution in [2.24, 2.45) is 0 Å². The highest BCUT2D eigenvalue weighted by atomic mass is 79.9. The van der Waals surface area contributed by atoms with E-state index in [1.165, 1.54) is 46.0 Å². The van der Waals surface area contributed by atoms with Gasteiger partial charge in [-0.15, -0.1) is 0 Å². The molecule has 1 N–H and O–H groups in total. The predicted molar refractivity (Wildman–Crippen MR) is 133 cm³/mol. The molecule has 0 aliphatic heterocycles. The third kappa shape index (κ3) is 4.37.